The van der Waals surface area contributed by atoms with E-state index in [9.17, 15) is 0 Å². The van der Waals surface area contributed by atoms with Crippen LogP contribution in [0.5, 0.6) is 0 Å². The van der Waals surface area contributed by atoms with Crippen molar-refractivity contribution in [3.63, 3.8) is 0 Å². The molecule has 0 spiro atoms. The number of nitrogens with one attached hydrogen (secondary N) is 1. The first-order chi connectivity index (χ1) is 9.38. The molecule has 0 aliphatic carbocycles. The zero-order chi connectivity index (χ0) is 13.8. The molecule has 1 N–H and O–H groups in total. The molecule has 114 valence electrons. The monoisotopic (exact) mass is 269 g/mol. The summed E-state index contributed by atoms with van der Waals surface area (Å²) in [5.74, 6) is 0.857. The van der Waals surface area contributed by atoms with Crippen molar-refractivity contribution < 1.29 is 4.74 Å². The van der Waals surface area contributed by atoms with Gasteiger partial charge in [-0.15, -0.1) is 0 Å². The van der Waals surface area contributed by atoms with Crippen LogP contribution < -0.4 is 5.32 Å². The Morgan fingerprint density at radius 1 is 0.947 bits per heavy atom. The summed E-state index contributed by atoms with van der Waals surface area (Å²) in [5.41, 5.74) is 0. The Balaban J connectivity index is 2.16. The second-order valence-electron chi connectivity index (χ2n) is 6.07. The summed E-state index contributed by atoms with van der Waals surface area (Å²) in [4.78, 5) is 0. The molecule has 0 radical (unpaired) electrons. The molecular weight excluding hydrogens is 234 g/mol. The van der Waals surface area contributed by atoms with E-state index in [4.69, 9.17) is 4.74 Å². The minimum absolute atomic E-state index is 0.745. The van der Waals surface area contributed by atoms with Gasteiger partial charge in [-0.1, -0.05) is 52.4 Å². The zero-order valence-electron chi connectivity index (χ0n) is 13.3. The molecule has 1 rings (SSSR count). The van der Waals surface area contributed by atoms with Crippen LogP contribution in [0.15, 0.2) is 0 Å². The fraction of sp³-hybridized carbons (Fsp3) is 1.00. The Morgan fingerprint density at radius 2 is 1.63 bits per heavy atom. The van der Waals surface area contributed by atoms with Crippen LogP contribution >= 0.6 is 0 Å². The number of hydrogen-bond acceptors (Lipinski definition) is 2. The lowest BCUT2D eigenvalue weighted by atomic mass is 9.88. The predicted molar refractivity (Wildman–Crippen MR) is 83.6 cm³/mol. The van der Waals surface area contributed by atoms with Gasteiger partial charge >= 0.3 is 0 Å². The topological polar surface area (TPSA) is 21.3 Å². The minimum Gasteiger partial charge on any atom is -0.381 e. The molecule has 1 aliphatic heterocycles. The third-order valence-electron chi connectivity index (χ3n) is 4.36. The largest absolute Gasteiger partial charge is 0.381 e. The van der Waals surface area contributed by atoms with E-state index in [1.54, 1.807) is 0 Å². The maximum absolute atomic E-state index is 5.50. The smallest absolute Gasteiger partial charge is 0.0469 e. The first kappa shape index (κ1) is 17.0. The van der Waals surface area contributed by atoms with Gasteiger partial charge in [-0.2, -0.15) is 0 Å². The third kappa shape index (κ3) is 7.94. The van der Waals surface area contributed by atoms with Crippen molar-refractivity contribution in [2.45, 2.75) is 84.1 Å². The van der Waals surface area contributed by atoms with Crippen molar-refractivity contribution in [3.8, 4) is 0 Å². The summed E-state index contributed by atoms with van der Waals surface area (Å²) in [7, 11) is 0. The van der Waals surface area contributed by atoms with E-state index in [0.29, 0.717) is 0 Å². The first-order valence-corrected chi connectivity index (χ1v) is 8.69. The van der Waals surface area contributed by atoms with Gasteiger partial charge in [0.2, 0.25) is 0 Å². The van der Waals surface area contributed by atoms with Crippen LogP contribution in [0.25, 0.3) is 0 Å². The molecule has 2 nitrogen and oxygen atoms in total. The van der Waals surface area contributed by atoms with Crippen LogP contribution in [-0.2, 0) is 4.74 Å². The summed E-state index contributed by atoms with van der Waals surface area (Å²) in [5, 5.41) is 3.79. The molecule has 0 bridgehead atoms. The van der Waals surface area contributed by atoms with Crippen molar-refractivity contribution in [2.75, 3.05) is 19.8 Å². The van der Waals surface area contributed by atoms with Gasteiger partial charge in [0, 0.05) is 19.3 Å². The van der Waals surface area contributed by atoms with E-state index in [1.165, 1.54) is 70.8 Å². The van der Waals surface area contributed by atoms with E-state index < -0.39 is 0 Å². The summed E-state index contributed by atoms with van der Waals surface area (Å²) >= 11 is 0. The van der Waals surface area contributed by atoms with E-state index in [1.807, 2.05) is 0 Å². The van der Waals surface area contributed by atoms with Crippen LogP contribution in [0, 0.1) is 5.92 Å². The lowest BCUT2D eigenvalue weighted by Crippen LogP contribution is -2.39. The Labute approximate surface area is 120 Å². The lowest BCUT2D eigenvalue weighted by molar-refractivity contribution is 0.0522. The number of unbranched alkanes of at least 4 members (excludes halogenated alkanes) is 5. The zero-order valence-corrected chi connectivity index (χ0v) is 13.3. The van der Waals surface area contributed by atoms with Gasteiger partial charge in [-0.05, 0) is 38.1 Å². The molecule has 19 heavy (non-hydrogen) atoms. The maximum Gasteiger partial charge on any atom is 0.0469 e. The normalized spacial score (nSPS) is 18.6. The predicted octanol–water partition coefficient (Wildman–Crippen LogP) is 4.53. The molecule has 1 unspecified atom stereocenters. The summed E-state index contributed by atoms with van der Waals surface area (Å²) < 4.78 is 5.50. The van der Waals surface area contributed by atoms with Crippen molar-refractivity contribution in [1.29, 1.82) is 0 Å². The quantitative estimate of drug-likeness (QED) is 0.556. The van der Waals surface area contributed by atoms with Crippen molar-refractivity contribution in [1.82, 2.24) is 5.32 Å². The summed E-state index contributed by atoms with van der Waals surface area (Å²) in [6.45, 7) is 7.68. The highest BCUT2D eigenvalue weighted by atomic mass is 16.5. The van der Waals surface area contributed by atoms with Gasteiger partial charge in [0.25, 0.3) is 0 Å². The highest BCUT2D eigenvalue weighted by molar-refractivity contribution is 4.78. The molecule has 1 fully saturated rings. The lowest BCUT2D eigenvalue weighted by Gasteiger charge is -2.31. The second-order valence-corrected chi connectivity index (χ2v) is 6.07. The van der Waals surface area contributed by atoms with Crippen LogP contribution in [-0.4, -0.2) is 25.8 Å². The molecule has 0 aromatic rings. The van der Waals surface area contributed by atoms with Gasteiger partial charge in [0.05, 0.1) is 0 Å². The van der Waals surface area contributed by atoms with Gasteiger partial charge in [0.1, 0.15) is 0 Å². The summed E-state index contributed by atoms with van der Waals surface area (Å²) in [6, 6.07) is 0.745. The van der Waals surface area contributed by atoms with E-state index in [0.717, 1.165) is 25.2 Å². The van der Waals surface area contributed by atoms with E-state index in [-0.39, 0.29) is 0 Å². The molecule has 1 atom stereocenters. The maximum atomic E-state index is 5.50. The SMILES string of the molecule is CCCCCCCCC(NCCC)C1CCOCC1. The Kier molecular flexibility index (Phi) is 10.5. The standard InChI is InChI=1S/C17H35NO/c1-3-5-6-7-8-9-10-17(18-13-4-2)16-11-14-19-15-12-16/h16-18H,3-15H2,1-2H3. The molecule has 1 saturated heterocycles. The third-order valence-corrected chi connectivity index (χ3v) is 4.36. The van der Waals surface area contributed by atoms with Crippen LogP contribution in [0.1, 0.15) is 78.1 Å². The molecule has 2 heteroatoms. The number of hydrogen-bond donors (Lipinski definition) is 1. The highest BCUT2D eigenvalue weighted by Gasteiger charge is 2.22. The Morgan fingerprint density at radius 3 is 2.32 bits per heavy atom. The van der Waals surface area contributed by atoms with Gasteiger partial charge < -0.3 is 10.1 Å². The number of ether oxygens (including phenoxy) is 1. The van der Waals surface area contributed by atoms with Crippen LogP contribution in [0.2, 0.25) is 0 Å². The minimum atomic E-state index is 0.745. The van der Waals surface area contributed by atoms with Crippen LogP contribution in [0.4, 0.5) is 0 Å². The molecule has 0 aromatic heterocycles. The summed E-state index contributed by atoms with van der Waals surface area (Å²) in [6.07, 6.45) is 13.6. The van der Waals surface area contributed by atoms with Crippen molar-refractivity contribution >= 4 is 0 Å². The van der Waals surface area contributed by atoms with Gasteiger partial charge in [0.15, 0.2) is 0 Å². The van der Waals surface area contributed by atoms with Crippen molar-refractivity contribution in [3.05, 3.63) is 0 Å². The molecule has 0 aromatic carbocycles. The Bertz CT molecular complexity index is 190. The molecule has 1 heterocycles. The van der Waals surface area contributed by atoms with E-state index >= 15 is 0 Å². The van der Waals surface area contributed by atoms with Gasteiger partial charge in [-0.25, -0.2) is 0 Å². The second kappa shape index (κ2) is 11.7. The van der Waals surface area contributed by atoms with Crippen LogP contribution in [0.3, 0.4) is 0 Å². The number of rotatable bonds is 11. The fourth-order valence-corrected chi connectivity index (χ4v) is 3.10. The molecule has 1 aliphatic rings. The van der Waals surface area contributed by atoms with E-state index in [2.05, 4.69) is 19.2 Å². The molecular formula is C17H35NO. The van der Waals surface area contributed by atoms with Crippen molar-refractivity contribution in [2.24, 2.45) is 5.92 Å². The highest BCUT2D eigenvalue weighted by Crippen LogP contribution is 2.22. The molecule has 0 amide bonds. The first-order valence-electron chi connectivity index (χ1n) is 8.69. The fourth-order valence-electron chi connectivity index (χ4n) is 3.10. The Hall–Kier alpha value is -0.0800. The average Bonchev–Trinajstić information content (AvgIpc) is 2.46. The van der Waals surface area contributed by atoms with Gasteiger partial charge in [-0.3, -0.25) is 0 Å². The molecule has 0 saturated carbocycles. The average molecular weight is 269 g/mol.